The van der Waals surface area contributed by atoms with Crippen LogP contribution in [0.25, 0.3) is 0 Å². The molecule has 0 aliphatic rings. The van der Waals surface area contributed by atoms with Crippen LogP contribution in [0.2, 0.25) is 0 Å². The lowest BCUT2D eigenvalue weighted by molar-refractivity contribution is 0.0460. The van der Waals surface area contributed by atoms with Crippen molar-refractivity contribution >= 4 is 0 Å². The molecule has 0 saturated carbocycles. The van der Waals surface area contributed by atoms with E-state index < -0.39 is 5.60 Å². The highest BCUT2D eigenvalue weighted by Crippen LogP contribution is 2.27. The second kappa shape index (κ2) is 5.55. The van der Waals surface area contributed by atoms with Crippen LogP contribution in [0, 0.1) is 13.8 Å². The summed E-state index contributed by atoms with van der Waals surface area (Å²) >= 11 is 0. The zero-order chi connectivity index (χ0) is 13.9. The molecule has 100 valence electrons. The van der Waals surface area contributed by atoms with Gasteiger partial charge in [0.25, 0.3) is 0 Å². The molecule has 2 rings (SSSR count). The first-order valence-electron chi connectivity index (χ1n) is 6.60. The first kappa shape index (κ1) is 13.8. The predicted octanol–water partition coefficient (Wildman–Crippen LogP) is 2.69. The van der Waals surface area contributed by atoms with E-state index in [9.17, 15) is 5.11 Å². The Hall–Kier alpha value is -1.64. The monoisotopic (exact) mass is 255 g/mol. The predicted molar refractivity (Wildman–Crippen MR) is 79.0 cm³/mol. The van der Waals surface area contributed by atoms with Crippen LogP contribution in [0.4, 0.5) is 0 Å². The van der Waals surface area contributed by atoms with Crippen molar-refractivity contribution in [1.82, 2.24) is 0 Å². The molecule has 0 radical (unpaired) electrons. The van der Waals surface area contributed by atoms with E-state index in [1.807, 2.05) is 36.4 Å². The highest BCUT2D eigenvalue weighted by atomic mass is 16.3. The van der Waals surface area contributed by atoms with Crippen molar-refractivity contribution < 1.29 is 5.11 Å². The Morgan fingerprint density at radius 1 is 0.947 bits per heavy atom. The number of hydrogen-bond acceptors (Lipinski definition) is 2. The molecule has 0 saturated heterocycles. The van der Waals surface area contributed by atoms with Gasteiger partial charge in [-0.2, -0.15) is 0 Å². The summed E-state index contributed by atoms with van der Waals surface area (Å²) in [5, 5.41) is 10.9. The van der Waals surface area contributed by atoms with E-state index in [0.717, 1.165) is 5.56 Å². The van der Waals surface area contributed by atoms with E-state index in [4.69, 9.17) is 5.73 Å². The van der Waals surface area contributed by atoms with Crippen molar-refractivity contribution in [1.29, 1.82) is 0 Å². The smallest absolute Gasteiger partial charge is 0.106 e. The first-order chi connectivity index (χ1) is 9.07. The number of aliphatic hydroxyl groups is 1. The summed E-state index contributed by atoms with van der Waals surface area (Å²) < 4.78 is 0. The third-order valence-corrected chi connectivity index (χ3v) is 3.76. The maximum absolute atomic E-state index is 10.9. The molecule has 0 amide bonds. The normalized spacial score (nSPS) is 14.1. The molecule has 0 fully saturated rings. The molecule has 2 heteroatoms. The van der Waals surface area contributed by atoms with Crippen molar-refractivity contribution in [2.45, 2.75) is 25.9 Å². The summed E-state index contributed by atoms with van der Waals surface area (Å²) in [6.07, 6.45) is 0.548. The minimum Gasteiger partial charge on any atom is -0.383 e. The van der Waals surface area contributed by atoms with Gasteiger partial charge in [0, 0.05) is 13.0 Å². The van der Waals surface area contributed by atoms with Gasteiger partial charge in [-0.25, -0.2) is 0 Å². The Bertz CT molecular complexity index is 530. The molecule has 0 aliphatic carbocycles. The summed E-state index contributed by atoms with van der Waals surface area (Å²) in [4.78, 5) is 0. The summed E-state index contributed by atoms with van der Waals surface area (Å²) in [5.41, 5.74) is 9.28. The van der Waals surface area contributed by atoms with Gasteiger partial charge in [0.15, 0.2) is 0 Å². The Balaban J connectivity index is 2.39. The molecule has 1 atom stereocenters. The first-order valence-corrected chi connectivity index (χ1v) is 6.60. The van der Waals surface area contributed by atoms with Gasteiger partial charge in [-0.05, 0) is 36.1 Å². The Morgan fingerprint density at radius 2 is 1.53 bits per heavy atom. The van der Waals surface area contributed by atoms with Gasteiger partial charge in [-0.15, -0.1) is 0 Å². The van der Waals surface area contributed by atoms with Crippen LogP contribution >= 0.6 is 0 Å². The fraction of sp³-hybridized carbons (Fsp3) is 0.294. The van der Waals surface area contributed by atoms with Gasteiger partial charge in [-0.1, -0.05) is 48.5 Å². The van der Waals surface area contributed by atoms with Gasteiger partial charge in [-0.3, -0.25) is 0 Å². The lowest BCUT2D eigenvalue weighted by Crippen LogP contribution is -2.37. The molecule has 0 spiro atoms. The van der Waals surface area contributed by atoms with E-state index in [1.54, 1.807) is 0 Å². The van der Waals surface area contributed by atoms with Crippen molar-refractivity contribution in [3.05, 3.63) is 70.8 Å². The summed E-state index contributed by atoms with van der Waals surface area (Å²) in [5.74, 6) is 0. The highest BCUT2D eigenvalue weighted by Gasteiger charge is 2.28. The highest BCUT2D eigenvalue weighted by molar-refractivity contribution is 5.37. The van der Waals surface area contributed by atoms with E-state index in [-0.39, 0.29) is 6.54 Å². The summed E-state index contributed by atoms with van der Waals surface area (Å²) in [6, 6.07) is 15.9. The average molecular weight is 255 g/mol. The van der Waals surface area contributed by atoms with Gasteiger partial charge in [0.1, 0.15) is 5.60 Å². The van der Waals surface area contributed by atoms with Crippen LogP contribution < -0.4 is 5.73 Å². The van der Waals surface area contributed by atoms with E-state index in [2.05, 4.69) is 26.0 Å². The van der Waals surface area contributed by atoms with E-state index in [0.29, 0.717) is 6.42 Å². The SMILES string of the molecule is Cc1cccc(C)c1CC(O)(CN)c1ccccc1. The molecule has 2 aromatic carbocycles. The van der Waals surface area contributed by atoms with Gasteiger partial charge in [0.05, 0.1) is 0 Å². The molecule has 1 unspecified atom stereocenters. The number of hydrogen-bond donors (Lipinski definition) is 2. The Kier molecular flexibility index (Phi) is 4.03. The zero-order valence-corrected chi connectivity index (χ0v) is 11.6. The molecule has 3 N–H and O–H groups in total. The Labute approximate surface area is 114 Å². The number of nitrogens with two attached hydrogens (primary N) is 1. The third kappa shape index (κ3) is 2.86. The lowest BCUT2D eigenvalue weighted by atomic mass is 9.84. The van der Waals surface area contributed by atoms with Crippen molar-refractivity contribution in [2.75, 3.05) is 6.54 Å². The van der Waals surface area contributed by atoms with Crippen LogP contribution in [0.15, 0.2) is 48.5 Å². The average Bonchev–Trinajstić information content (AvgIpc) is 2.44. The minimum atomic E-state index is -1.00. The second-order valence-corrected chi connectivity index (χ2v) is 5.15. The van der Waals surface area contributed by atoms with E-state index in [1.165, 1.54) is 16.7 Å². The Morgan fingerprint density at radius 3 is 2.05 bits per heavy atom. The van der Waals surface area contributed by atoms with Crippen LogP contribution in [-0.2, 0) is 12.0 Å². The molecular formula is C17H21NO. The molecule has 0 heterocycles. The second-order valence-electron chi connectivity index (χ2n) is 5.15. The molecule has 2 nitrogen and oxygen atoms in total. The number of aryl methyl sites for hydroxylation is 2. The number of rotatable bonds is 4. The van der Waals surface area contributed by atoms with Gasteiger partial charge in [0.2, 0.25) is 0 Å². The summed E-state index contributed by atoms with van der Waals surface area (Å²) in [7, 11) is 0. The quantitative estimate of drug-likeness (QED) is 0.882. The van der Waals surface area contributed by atoms with Crippen LogP contribution in [0.3, 0.4) is 0 Å². The largest absolute Gasteiger partial charge is 0.383 e. The molecule has 2 aromatic rings. The van der Waals surface area contributed by atoms with Crippen molar-refractivity contribution in [3.8, 4) is 0 Å². The van der Waals surface area contributed by atoms with Crippen LogP contribution in [-0.4, -0.2) is 11.7 Å². The van der Waals surface area contributed by atoms with Gasteiger partial charge < -0.3 is 10.8 Å². The molecule has 0 bridgehead atoms. The summed E-state index contributed by atoms with van der Waals surface area (Å²) in [6.45, 7) is 4.36. The van der Waals surface area contributed by atoms with Crippen LogP contribution in [0.1, 0.15) is 22.3 Å². The standard InChI is InChI=1S/C17H21NO/c1-13-7-6-8-14(2)16(13)11-17(19,12-18)15-9-4-3-5-10-15/h3-10,19H,11-12,18H2,1-2H3. The molecule has 0 aromatic heterocycles. The van der Waals surface area contributed by atoms with Gasteiger partial charge >= 0.3 is 0 Å². The number of benzene rings is 2. The minimum absolute atomic E-state index is 0.213. The fourth-order valence-corrected chi connectivity index (χ4v) is 2.46. The molecule has 0 aliphatic heterocycles. The topological polar surface area (TPSA) is 46.2 Å². The maximum Gasteiger partial charge on any atom is 0.106 e. The zero-order valence-electron chi connectivity index (χ0n) is 11.6. The fourth-order valence-electron chi connectivity index (χ4n) is 2.46. The van der Waals surface area contributed by atoms with Crippen molar-refractivity contribution in [3.63, 3.8) is 0 Å². The van der Waals surface area contributed by atoms with Crippen LogP contribution in [0.5, 0.6) is 0 Å². The molecular weight excluding hydrogens is 234 g/mol. The lowest BCUT2D eigenvalue weighted by Gasteiger charge is -2.28. The third-order valence-electron chi connectivity index (χ3n) is 3.76. The molecule has 19 heavy (non-hydrogen) atoms. The van der Waals surface area contributed by atoms with E-state index >= 15 is 0 Å². The van der Waals surface area contributed by atoms with Crippen molar-refractivity contribution in [2.24, 2.45) is 5.73 Å². The maximum atomic E-state index is 10.9.